The van der Waals surface area contributed by atoms with Crippen molar-refractivity contribution in [2.45, 2.75) is 0 Å². The summed E-state index contributed by atoms with van der Waals surface area (Å²) in [5, 5.41) is 6.89. The average molecular weight is 91.1 g/mol. The number of carbonyl (C=O) groups is 1. The molecule has 3 nitrogen and oxygen atoms in total. The van der Waals surface area contributed by atoms with Crippen molar-refractivity contribution in [3.63, 3.8) is 0 Å². The van der Waals surface area contributed by atoms with Crippen LogP contribution in [0.1, 0.15) is 0 Å². The second-order valence-corrected chi connectivity index (χ2v) is 0.105. The minimum absolute atomic E-state index is 0. The zero-order valence-corrected chi connectivity index (χ0v) is 3.55. The fourth-order valence-electron chi connectivity index (χ4n) is 0. The maximum absolute atomic E-state index is 8.36. The van der Waals surface area contributed by atoms with E-state index in [2.05, 4.69) is 13.2 Å². The molecule has 0 bridgehead atoms. The molecule has 4 N–H and O–H groups in total. The van der Waals surface area contributed by atoms with Crippen LogP contribution in [0, 0.1) is 0 Å². The van der Waals surface area contributed by atoms with E-state index in [0.29, 0.717) is 0 Å². The Morgan fingerprint density at radius 2 is 1.50 bits per heavy atom. The molecule has 0 unspecified atom stereocenters. The van der Waals surface area contributed by atoms with Crippen molar-refractivity contribution in [2.75, 3.05) is 0 Å². The molecule has 0 aromatic rings. The molecule has 0 aliphatic rings. The van der Waals surface area contributed by atoms with Gasteiger partial charge in [-0.05, 0) is 0 Å². The fraction of sp³-hybridized carbons (Fsp3) is 0. The molecule has 0 heterocycles. The minimum Gasteiger partial charge on any atom is -0.483 e. The van der Waals surface area contributed by atoms with Gasteiger partial charge in [-0.3, -0.25) is 4.79 Å². The third kappa shape index (κ3) is 21.7. The van der Waals surface area contributed by atoms with Gasteiger partial charge in [0.25, 0.3) is 6.47 Å². The Hall–Kier alpha value is -0.830. The van der Waals surface area contributed by atoms with E-state index in [1.807, 2.05) is 0 Å². The van der Waals surface area contributed by atoms with Gasteiger partial charge in [-0.2, -0.15) is 0 Å². The van der Waals surface area contributed by atoms with Crippen molar-refractivity contribution < 1.29 is 9.90 Å². The normalized spacial score (nSPS) is 2.67. The lowest BCUT2D eigenvalue weighted by Gasteiger charge is -1.34. The van der Waals surface area contributed by atoms with Crippen LogP contribution in [-0.2, 0) is 4.79 Å². The van der Waals surface area contributed by atoms with Crippen LogP contribution >= 0.6 is 0 Å². The molecule has 0 aromatic carbocycles. The third-order valence-electron chi connectivity index (χ3n) is 0. The predicted octanol–water partition coefficient (Wildman–Crippen LogP) is 0.665. The van der Waals surface area contributed by atoms with Crippen LogP contribution < -0.4 is 6.15 Å². The Morgan fingerprint density at radius 1 is 1.50 bits per heavy atom. The Labute approximate surface area is 36.9 Å². The Balaban J connectivity index is -0.0000000275. The topological polar surface area (TPSA) is 72.3 Å². The SMILES string of the molecule is C=C.N.O=CO. The van der Waals surface area contributed by atoms with Gasteiger partial charge < -0.3 is 11.3 Å². The first-order valence-electron chi connectivity index (χ1n) is 0.994. The second-order valence-electron chi connectivity index (χ2n) is 0.105. The van der Waals surface area contributed by atoms with Crippen LogP contribution in [-0.4, -0.2) is 11.6 Å². The Morgan fingerprint density at radius 3 is 1.50 bits per heavy atom. The van der Waals surface area contributed by atoms with Crippen LogP contribution in [0.15, 0.2) is 13.2 Å². The summed E-state index contributed by atoms with van der Waals surface area (Å²) in [4.78, 5) is 8.36. The molecule has 0 rings (SSSR count). The lowest BCUT2D eigenvalue weighted by atomic mass is 11.3. The van der Waals surface area contributed by atoms with E-state index < -0.39 is 0 Å². The summed E-state index contributed by atoms with van der Waals surface area (Å²) in [6.45, 7) is 5.75. The molecule has 0 amide bonds. The van der Waals surface area contributed by atoms with Gasteiger partial charge in [0.1, 0.15) is 0 Å². The number of hydrogen-bond acceptors (Lipinski definition) is 2. The summed E-state index contributed by atoms with van der Waals surface area (Å²) in [6, 6.07) is 0. The molecule has 3 heteroatoms. The molecule has 0 spiro atoms. The highest BCUT2D eigenvalue weighted by Crippen LogP contribution is 0.966. The molecular weight excluding hydrogens is 82.0 g/mol. The molecule has 38 valence electrons. The molecule has 0 saturated carbocycles. The molecule has 0 aliphatic heterocycles. The van der Waals surface area contributed by atoms with Crippen molar-refractivity contribution in [3.05, 3.63) is 13.2 Å². The fourth-order valence-corrected chi connectivity index (χ4v) is 0. The lowest BCUT2D eigenvalue weighted by Crippen LogP contribution is -1.49. The van der Waals surface area contributed by atoms with Gasteiger partial charge in [-0.1, -0.05) is 0 Å². The minimum atomic E-state index is -0.250. The van der Waals surface area contributed by atoms with Crippen LogP contribution in [0.5, 0.6) is 0 Å². The largest absolute Gasteiger partial charge is 0.483 e. The maximum atomic E-state index is 8.36. The standard InChI is InChI=1S/C2H4.CH2O2.H3N/c1-2;2-1-3;/h1-2H2;1H,(H,2,3);1H3. The zero-order chi connectivity index (χ0) is 4.71. The molecule has 0 atom stereocenters. The monoisotopic (exact) mass is 91.1 g/mol. The van der Waals surface area contributed by atoms with Crippen molar-refractivity contribution in [2.24, 2.45) is 0 Å². The van der Waals surface area contributed by atoms with E-state index in [4.69, 9.17) is 9.90 Å². The van der Waals surface area contributed by atoms with Crippen LogP contribution in [0.2, 0.25) is 0 Å². The molecule has 0 saturated heterocycles. The van der Waals surface area contributed by atoms with E-state index >= 15 is 0 Å². The van der Waals surface area contributed by atoms with Gasteiger partial charge in [-0.15, -0.1) is 13.2 Å². The molecule has 0 fully saturated rings. The smallest absolute Gasteiger partial charge is 0.290 e. The van der Waals surface area contributed by atoms with E-state index in [-0.39, 0.29) is 12.6 Å². The third-order valence-corrected chi connectivity index (χ3v) is 0. The first-order chi connectivity index (χ1) is 2.41. The molecular formula is C3H9NO2. The van der Waals surface area contributed by atoms with Crippen molar-refractivity contribution in [1.29, 1.82) is 0 Å². The predicted molar refractivity (Wildman–Crippen MR) is 25.0 cm³/mol. The van der Waals surface area contributed by atoms with Crippen molar-refractivity contribution in [1.82, 2.24) is 6.15 Å². The summed E-state index contributed by atoms with van der Waals surface area (Å²) in [6.07, 6.45) is 0. The quantitative estimate of drug-likeness (QED) is 0.340. The van der Waals surface area contributed by atoms with Crippen molar-refractivity contribution in [3.8, 4) is 0 Å². The first-order valence-corrected chi connectivity index (χ1v) is 0.994. The van der Waals surface area contributed by atoms with Gasteiger partial charge in [-0.25, -0.2) is 0 Å². The molecule has 0 aliphatic carbocycles. The summed E-state index contributed by atoms with van der Waals surface area (Å²) in [7, 11) is 0. The highest BCUT2D eigenvalue weighted by molar-refractivity contribution is 5.32. The summed E-state index contributed by atoms with van der Waals surface area (Å²) in [5.41, 5.74) is 0. The van der Waals surface area contributed by atoms with Gasteiger partial charge in [0, 0.05) is 0 Å². The van der Waals surface area contributed by atoms with Gasteiger partial charge in [0.2, 0.25) is 0 Å². The highest BCUT2D eigenvalue weighted by Gasteiger charge is 1.22. The number of carboxylic acid groups (broad SMARTS) is 1. The van der Waals surface area contributed by atoms with Crippen molar-refractivity contribution >= 4 is 6.47 Å². The van der Waals surface area contributed by atoms with Gasteiger partial charge in [0.15, 0.2) is 0 Å². The van der Waals surface area contributed by atoms with Gasteiger partial charge >= 0.3 is 0 Å². The lowest BCUT2D eigenvalue weighted by molar-refractivity contribution is -0.122. The highest BCUT2D eigenvalue weighted by atomic mass is 16.3. The Kier molecular flexibility index (Phi) is 4610. The summed E-state index contributed by atoms with van der Waals surface area (Å²) >= 11 is 0. The van der Waals surface area contributed by atoms with Crippen LogP contribution in [0.3, 0.4) is 0 Å². The summed E-state index contributed by atoms with van der Waals surface area (Å²) < 4.78 is 0. The summed E-state index contributed by atoms with van der Waals surface area (Å²) in [5.74, 6) is 0. The van der Waals surface area contributed by atoms with E-state index in [0.717, 1.165) is 0 Å². The van der Waals surface area contributed by atoms with Crippen LogP contribution in [0.25, 0.3) is 0 Å². The van der Waals surface area contributed by atoms with Gasteiger partial charge in [0.05, 0.1) is 0 Å². The molecule has 0 radical (unpaired) electrons. The second kappa shape index (κ2) is 1450. The molecule has 0 aromatic heterocycles. The number of hydrogen-bond donors (Lipinski definition) is 2. The number of rotatable bonds is 0. The zero-order valence-electron chi connectivity index (χ0n) is 3.55. The van der Waals surface area contributed by atoms with E-state index in [1.54, 1.807) is 0 Å². The molecule has 6 heavy (non-hydrogen) atoms. The Bertz CT molecular complexity index is 22.8. The van der Waals surface area contributed by atoms with E-state index in [9.17, 15) is 0 Å². The van der Waals surface area contributed by atoms with E-state index in [1.165, 1.54) is 0 Å². The first kappa shape index (κ1) is 19.1. The maximum Gasteiger partial charge on any atom is 0.290 e. The van der Waals surface area contributed by atoms with Crippen LogP contribution in [0.4, 0.5) is 0 Å². The average Bonchev–Trinajstić information content (AvgIpc) is 1.46.